The molecule has 2 heterocycles. The molecule has 1 saturated heterocycles. The molecule has 0 amide bonds. The quantitative estimate of drug-likeness (QED) is 0.488. The molecule has 31 heavy (non-hydrogen) atoms. The molecule has 1 unspecified atom stereocenters. The Balaban J connectivity index is 1.53. The number of ether oxygens (including phenoxy) is 1. The summed E-state index contributed by atoms with van der Waals surface area (Å²) < 4.78 is 22.9. The van der Waals surface area contributed by atoms with Gasteiger partial charge in [0.15, 0.2) is 0 Å². The van der Waals surface area contributed by atoms with Gasteiger partial charge in [0.05, 0.1) is 24.4 Å². The highest BCUT2D eigenvalue weighted by molar-refractivity contribution is 7.99. The summed E-state index contributed by atoms with van der Waals surface area (Å²) in [5.41, 5.74) is 6.00. The third kappa shape index (κ3) is 3.86. The van der Waals surface area contributed by atoms with E-state index in [2.05, 4.69) is 39.0 Å². The molecule has 2 N–H and O–H groups in total. The van der Waals surface area contributed by atoms with Crippen molar-refractivity contribution < 1.29 is 9.13 Å². The summed E-state index contributed by atoms with van der Waals surface area (Å²) in [6.07, 6.45) is 8.38. The number of halogens is 1. The second kappa shape index (κ2) is 8.85. The highest BCUT2D eigenvalue weighted by atomic mass is 32.2. The van der Waals surface area contributed by atoms with Crippen molar-refractivity contribution in [1.29, 1.82) is 0 Å². The summed E-state index contributed by atoms with van der Waals surface area (Å²) in [6, 6.07) is 11.9. The van der Waals surface area contributed by atoms with Gasteiger partial charge in [-0.25, -0.2) is 4.39 Å². The fourth-order valence-electron chi connectivity index (χ4n) is 5.57. The topological polar surface area (TPSA) is 40.3 Å². The number of aromatic amines is 1. The Labute approximate surface area is 187 Å². The van der Waals surface area contributed by atoms with Crippen molar-refractivity contribution in [3.63, 3.8) is 0 Å². The molecule has 2 aliphatic rings. The first-order valence-electron chi connectivity index (χ1n) is 11.2. The molecule has 6 heteroatoms. The van der Waals surface area contributed by atoms with E-state index in [9.17, 15) is 4.39 Å². The van der Waals surface area contributed by atoms with Crippen LogP contribution < -0.4 is 4.72 Å². The number of rotatable bonds is 7. The average Bonchev–Trinajstić information content (AvgIpc) is 3.38. The molecule has 0 radical (unpaired) electrons. The number of para-hydroxylation sites is 1. The van der Waals surface area contributed by atoms with Crippen LogP contribution in [-0.4, -0.2) is 49.0 Å². The minimum atomic E-state index is -0.131. The molecule has 2 aromatic carbocycles. The molecular weight excluding hydrogens is 409 g/mol. The number of hydrogen-bond acceptors (Lipinski definition) is 4. The van der Waals surface area contributed by atoms with Crippen molar-refractivity contribution in [2.24, 2.45) is 0 Å². The van der Waals surface area contributed by atoms with Crippen molar-refractivity contribution in [1.82, 2.24) is 9.88 Å². The molecule has 0 bridgehead atoms. The van der Waals surface area contributed by atoms with Crippen LogP contribution in [0.25, 0.3) is 10.9 Å². The predicted octanol–water partition coefficient (Wildman–Crippen LogP) is 5.34. The summed E-state index contributed by atoms with van der Waals surface area (Å²) in [4.78, 5) is 6.06. The van der Waals surface area contributed by atoms with E-state index in [1.165, 1.54) is 22.1 Å². The van der Waals surface area contributed by atoms with Crippen LogP contribution in [0.4, 0.5) is 10.1 Å². The number of anilines is 1. The standard InChI is InChI=1S/C25H30FN3OS/c1-31-28-23-5-2-4-20-22(17-27-24(20)23)25(9-3-11-29-12-14-30-15-13-29)10-8-18-16-19(26)6-7-21(18)25/h2,4-7,16-17,27-28H,3,8-15H2,1H3. The van der Waals surface area contributed by atoms with E-state index in [0.717, 1.165) is 69.7 Å². The average molecular weight is 440 g/mol. The lowest BCUT2D eigenvalue weighted by Crippen LogP contribution is -2.37. The normalized spacial score (nSPS) is 21.5. The molecule has 1 aromatic heterocycles. The smallest absolute Gasteiger partial charge is 0.123 e. The van der Waals surface area contributed by atoms with Crippen molar-refractivity contribution in [2.45, 2.75) is 31.1 Å². The number of nitrogens with zero attached hydrogens (tertiary/aromatic N) is 1. The van der Waals surface area contributed by atoms with E-state index < -0.39 is 0 Å². The summed E-state index contributed by atoms with van der Waals surface area (Å²) in [5.74, 6) is -0.131. The maximum atomic E-state index is 14.0. The molecular formula is C25H30FN3OS. The van der Waals surface area contributed by atoms with Gasteiger partial charge in [0.1, 0.15) is 5.82 Å². The summed E-state index contributed by atoms with van der Waals surface area (Å²) in [5, 5.41) is 1.27. The number of aryl methyl sites for hydroxylation is 1. The molecule has 5 rings (SSSR count). The van der Waals surface area contributed by atoms with Gasteiger partial charge < -0.3 is 14.4 Å². The minimum absolute atomic E-state index is 0.0778. The second-order valence-electron chi connectivity index (χ2n) is 8.68. The lowest BCUT2D eigenvalue weighted by Gasteiger charge is -2.33. The maximum absolute atomic E-state index is 14.0. The van der Waals surface area contributed by atoms with Crippen LogP contribution in [0.2, 0.25) is 0 Å². The van der Waals surface area contributed by atoms with Crippen LogP contribution in [0, 0.1) is 5.82 Å². The zero-order valence-corrected chi connectivity index (χ0v) is 18.9. The van der Waals surface area contributed by atoms with Crippen molar-refractivity contribution in [3.8, 4) is 0 Å². The highest BCUT2D eigenvalue weighted by Crippen LogP contribution is 2.50. The fourth-order valence-corrected chi connectivity index (χ4v) is 5.96. The van der Waals surface area contributed by atoms with Crippen molar-refractivity contribution in [2.75, 3.05) is 43.8 Å². The van der Waals surface area contributed by atoms with Gasteiger partial charge in [-0.3, -0.25) is 4.90 Å². The van der Waals surface area contributed by atoms with Gasteiger partial charge in [0, 0.05) is 36.3 Å². The first-order chi connectivity index (χ1) is 15.2. The molecule has 1 aliphatic heterocycles. The molecule has 1 aliphatic carbocycles. The molecule has 164 valence electrons. The second-order valence-corrected chi connectivity index (χ2v) is 9.29. The monoisotopic (exact) mass is 439 g/mol. The van der Waals surface area contributed by atoms with Crippen LogP contribution in [-0.2, 0) is 16.6 Å². The summed E-state index contributed by atoms with van der Waals surface area (Å²) >= 11 is 1.60. The van der Waals surface area contributed by atoms with E-state index in [0.29, 0.717) is 0 Å². The fraction of sp³-hybridized carbons (Fsp3) is 0.440. The van der Waals surface area contributed by atoms with E-state index in [-0.39, 0.29) is 11.2 Å². The Hall–Kier alpha value is -2.02. The van der Waals surface area contributed by atoms with Gasteiger partial charge >= 0.3 is 0 Å². The summed E-state index contributed by atoms with van der Waals surface area (Å²) in [7, 11) is 0. The molecule has 3 aromatic rings. The number of nitrogens with one attached hydrogen (secondary N) is 2. The maximum Gasteiger partial charge on any atom is 0.123 e. The number of hydrogen-bond donors (Lipinski definition) is 2. The highest BCUT2D eigenvalue weighted by Gasteiger charge is 2.41. The SMILES string of the molecule is CSNc1cccc2c(C3(CCCN4CCOCC4)CCc4cc(F)ccc43)c[nH]c12. The first kappa shape index (κ1) is 20.9. The number of fused-ring (bicyclic) bond motifs is 2. The Morgan fingerprint density at radius 1 is 1.19 bits per heavy atom. The van der Waals surface area contributed by atoms with E-state index in [1.54, 1.807) is 24.1 Å². The van der Waals surface area contributed by atoms with Gasteiger partial charge in [-0.2, -0.15) is 0 Å². The number of aromatic nitrogens is 1. The Morgan fingerprint density at radius 2 is 2.06 bits per heavy atom. The molecule has 4 nitrogen and oxygen atoms in total. The van der Waals surface area contributed by atoms with Crippen molar-refractivity contribution >= 4 is 28.5 Å². The van der Waals surface area contributed by atoms with Gasteiger partial charge in [-0.1, -0.05) is 30.1 Å². The Kier molecular flexibility index (Phi) is 5.95. The molecule has 1 atom stereocenters. The van der Waals surface area contributed by atoms with Crippen LogP contribution in [0.15, 0.2) is 42.6 Å². The first-order valence-corrected chi connectivity index (χ1v) is 12.4. The number of H-pyrrole nitrogens is 1. The number of benzene rings is 2. The number of morpholine rings is 1. The zero-order valence-electron chi connectivity index (χ0n) is 18.0. The van der Waals surface area contributed by atoms with Gasteiger partial charge in [0.2, 0.25) is 0 Å². The van der Waals surface area contributed by atoms with Crippen LogP contribution >= 0.6 is 11.9 Å². The summed E-state index contributed by atoms with van der Waals surface area (Å²) in [6.45, 7) is 4.79. The Bertz CT molecular complexity index is 1060. The van der Waals surface area contributed by atoms with Crippen LogP contribution in [0.3, 0.4) is 0 Å². The predicted molar refractivity (Wildman–Crippen MR) is 127 cm³/mol. The van der Waals surface area contributed by atoms with Gasteiger partial charge in [-0.15, -0.1) is 0 Å². The largest absolute Gasteiger partial charge is 0.379 e. The molecule has 1 fully saturated rings. The van der Waals surface area contributed by atoms with Crippen molar-refractivity contribution in [3.05, 3.63) is 65.1 Å². The van der Waals surface area contributed by atoms with E-state index in [1.807, 2.05) is 12.3 Å². The minimum Gasteiger partial charge on any atom is -0.379 e. The molecule has 0 saturated carbocycles. The lowest BCUT2D eigenvalue weighted by molar-refractivity contribution is 0.0366. The van der Waals surface area contributed by atoms with Gasteiger partial charge in [0.25, 0.3) is 0 Å². The third-order valence-corrected chi connectivity index (χ3v) is 7.45. The van der Waals surface area contributed by atoms with E-state index >= 15 is 0 Å². The van der Waals surface area contributed by atoms with Gasteiger partial charge in [-0.05, 0) is 67.1 Å². The van der Waals surface area contributed by atoms with E-state index in [4.69, 9.17) is 4.74 Å². The third-order valence-electron chi connectivity index (χ3n) is 7.03. The lowest BCUT2D eigenvalue weighted by atomic mass is 9.72. The van der Waals surface area contributed by atoms with Crippen LogP contribution in [0.1, 0.15) is 36.0 Å². The Morgan fingerprint density at radius 3 is 2.90 bits per heavy atom. The zero-order chi connectivity index (χ0) is 21.3. The van der Waals surface area contributed by atoms with Crippen LogP contribution in [0.5, 0.6) is 0 Å². The molecule has 0 spiro atoms.